The van der Waals surface area contributed by atoms with Crippen molar-refractivity contribution in [1.82, 2.24) is 20.1 Å². The van der Waals surface area contributed by atoms with Crippen molar-refractivity contribution in [2.24, 2.45) is 0 Å². The molecule has 0 bridgehead atoms. The van der Waals surface area contributed by atoms with Crippen molar-refractivity contribution < 1.29 is 4.79 Å². The van der Waals surface area contributed by atoms with Crippen LogP contribution in [0.2, 0.25) is 0 Å². The Hall–Kier alpha value is -1.69. The minimum Gasteiger partial charge on any atom is -0.334 e. The fourth-order valence-electron chi connectivity index (χ4n) is 1.65. The van der Waals surface area contributed by atoms with Gasteiger partial charge in [0.1, 0.15) is 5.82 Å². The number of hydrogen-bond acceptors (Lipinski definition) is 4. The van der Waals surface area contributed by atoms with Gasteiger partial charge in [-0.15, -0.1) is 16.4 Å². The molecule has 0 spiro atoms. The predicted octanol–water partition coefficient (Wildman–Crippen LogP) is 2.57. The van der Waals surface area contributed by atoms with Crippen LogP contribution in [0.5, 0.6) is 0 Å². The molecule has 2 heterocycles. The number of rotatable bonds is 4. The lowest BCUT2D eigenvalue weighted by Crippen LogP contribution is -2.27. The summed E-state index contributed by atoms with van der Waals surface area (Å²) in [7, 11) is 1.77. The van der Waals surface area contributed by atoms with E-state index in [4.69, 9.17) is 0 Å². The van der Waals surface area contributed by atoms with Crippen molar-refractivity contribution in [1.29, 1.82) is 0 Å². The number of aromatic amines is 1. The van der Waals surface area contributed by atoms with Gasteiger partial charge in [-0.05, 0) is 23.9 Å². The summed E-state index contributed by atoms with van der Waals surface area (Å²) in [6, 6.07) is 2.06. The molecule has 2 aromatic rings. The van der Waals surface area contributed by atoms with Crippen molar-refractivity contribution in [2.45, 2.75) is 33.2 Å². The van der Waals surface area contributed by atoms with Gasteiger partial charge in [0, 0.05) is 17.8 Å². The molecule has 0 saturated carbocycles. The number of thiophene rings is 1. The Labute approximate surface area is 116 Å². The number of amides is 1. The number of H-pyrrole nitrogens is 1. The monoisotopic (exact) mass is 278 g/mol. The zero-order valence-corrected chi connectivity index (χ0v) is 12.4. The maximum Gasteiger partial charge on any atom is 0.293 e. The summed E-state index contributed by atoms with van der Waals surface area (Å²) in [4.78, 5) is 19.3. The molecule has 5 nitrogen and oxygen atoms in total. The summed E-state index contributed by atoms with van der Waals surface area (Å²) in [6.45, 7) is 6.66. The number of carbonyl (C=O) groups is 1. The highest BCUT2D eigenvalue weighted by molar-refractivity contribution is 7.10. The third-order valence-electron chi connectivity index (χ3n) is 2.94. The van der Waals surface area contributed by atoms with Gasteiger partial charge in [-0.2, -0.15) is 0 Å². The highest BCUT2D eigenvalue weighted by Crippen LogP contribution is 2.18. The van der Waals surface area contributed by atoms with Gasteiger partial charge in [0.2, 0.25) is 5.82 Å². The molecule has 1 N–H and O–H groups in total. The zero-order valence-electron chi connectivity index (χ0n) is 11.6. The van der Waals surface area contributed by atoms with Crippen molar-refractivity contribution in [3.05, 3.63) is 33.5 Å². The topological polar surface area (TPSA) is 61.9 Å². The molecule has 0 aromatic carbocycles. The molecule has 0 fully saturated rings. The first-order valence-corrected chi connectivity index (χ1v) is 7.07. The van der Waals surface area contributed by atoms with Crippen molar-refractivity contribution in [3.8, 4) is 0 Å². The van der Waals surface area contributed by atoms with Crippen LogP contribution < -0.4 is 0 Å². The molecule has 1 amide bonds. The summed E-state index contributed by atoms with van der Waals surface area (Å²) >= 11 is 1.66. The number of carbonyl (C=O) groups excluding carboxylic acids is 1. The molecule has 0 atom stereocenters. The standard InChI is InChI=1S/C13H18N4OS/c1-8(2)11-14-12(16-15-11)13(18)17(4)7-10-9(3)5-6-19-10/h5-6,8H,7H2,1-4H3,(H,14,15,16). The second-order valence-corrected chi connectivity index (χ2v) is 5.89. The molecule has 19 heavy (non-hydrogen) atoms. The van der Waals surface area contributed by atoms with Crippen LogP contribution in [0.25, 0.3) is 0 Å². The number of nitrogens with one attached hydrogen (secondary N) is 1. The van der Waals surface area contributed by atoms with Gasteiger partial charge in [-0.3, -0.25) is 9.89 Å². The van der Waals surface area contributed by atoms with Gasteiger partial charge in [0.15, 0.2) is 0 Å². The normalized spacial score (nSPS) is 11.0. The predicted molar refractivity (Wildman–Crippen MR) is 75.3 cm³/mol. The Kier molecular flexibility index (Phi) is 3.99. The number of nitrogens with zero attached hydrogens (tertiary/aromatic N) is 3. The first-order chi connectivity index (χ1) is 8.99. The molecule has 2 aromatic heterocycles. The molecule has 6 heteroatoms. The third kappa shape index (κ3) is 3.01. The van der Waals surface area contributed by atoms with E-state index in [2.05, 4.69) is 21.2 Å². The molecular formula is C13H18N4OS. The van der Waals surface area contributed by atoms with Crippen LogP contribution in [0.3, 0.4) is 0 Å². The maximum absolute atomic E-state index is 12.2. The molecule has 0 saturated heterocycles. The smallest absolute Gasteiger partial charge is 0.293 e. The van der Waals surface area contributed by atoms with Crippen LogP contribution in [-0.4, -0.2) is 33.0 Å². The van der Waals surface area contributed by atoms with E-state index in [0.717, 1.165) is 5.82 Å². The molecule has 0 radical (unpaired) electrons. The van der Waals surface area contributed by atoms with Crippen LogP contribution >= 0.6 is 11.3 Å². The van der Waals surface area contributed by atoms with E-state index in [1.165, 1.54) is 10.4 Å². The van der Waals surface area contributed by atoms with E-state index in [0.29, 0.717) is 6.54 Å². The Balaban J connectivity index is 2.08. The largest absolute Gasteiger partial charge is 0.334 e. The second kappa shape index (κ2) is 5.52. The first-order valence-electron chi connectivity index (χ1n) is 6.19. The van der Waals surface area contributed by atoms with E-state index < -0.39 is 0 Å². The lowest BCUT2D eigenvalue weighted by molar-refractivity contribution is 0.0774. The van der Waals surface area contributed by atoms with Crippen molar-refractivity contribution in [3.63, 3.8) is 0 Å². The average Bonchev–Trinajstić information content (AvgIpc) is 2.98. The molecule has 0 unspecified atom stereocenters. The van der Waals surface area contributed by atoms with Gasteiger partial charge in [-0.1, -0.05) is 13.8 Å². The lowest BCUT2D eigenvalue weighted by atomic mass is 10.2. The van der Waals surface area contributed by atoms with Crippen LogP contribution in [-0.2, 0) is 6.54 Å². The number of aryl methyl sites for hydroxylation is 1. The van der Waals surface area contributed by atoms with Gasteiger partial charge >= 0.3 is 0 Å². The minimum atomic E-state index is -0.157. The molecule has 0 aliphatic rings. The Morgan fingerprint density at radius 2 is 2.26 bits per heavy atom. The van der Waals surface area contributed by atoms with E-state index in [-0.39, 0.29) is 17.6 Å². The third-order valence-corrected chi connectivity index (χ3v) is 3.94. The summed E-state index contributed by atoms with van der Waals surface area (Å²) in [6.07, 6.45) is 0. The number of aromatic nitrogens is 3. The molecule has 102 valence electrons. The maximum atomic E-state index is 12.2. The SMILES string of the molecule is Cc1ccsc1CN(C)C(=O)c1n[nH]c(C(C)C)n1. The minimum absolute atomic E-state index is 0.157. The van der Waals surface area contributed by atoms with Crippen LogP contribution in [0, 0.1) is 6.92 Å². The summed E-state index contributed by atoms with van der Waals surface area (Å²) < 4.78 is 0. The highest BCUT2D eigenvalue weighted by Gasteiger charge is 2.19. The fourth-order valence-corrected chi connectivity index (χ4v) is 2.61. The average molecular weight is 278 g/mol. The lowest BCUT2D eigenvalue weighted by Gasteiger charge is -2.14. The van der Waals surface area contributed by atoms with Crippen LogP contribution in [0.1, 0.15) is 46.6 Å². The second-order valence-electron chi connectivity index (χ2n) is 4.89. The highest BCUT2D eigenvalue weighted by atomic mass is 32.1. The molecule has 0 aliphatic carbocycles. The zero-order chi connectivity index (χ0) is 14.0. The summed E-state index contributed by atoms with van der Waals surface area (Å²) in [5.41, 5.74) is 1.21. The van der Waals surface area contributed by atoms with Gasteiger partial charge < -0.3 is 4.90 Å². The summed E-state index contributed by atoms with van der Waals surface area (Å²) in [5, 5.41) is 8.83. The Bertz CT molecular complexity index is 573. The van der Waals surface area contributed by atoms with Gasteiger partial charge in [-0.25, -0.2) is 4.98 Å². The Morgan fingerprint density at radius 3 is 2.79 bits per heavy atom. The fraction of sp³-hybridized carbons (Fsp3) is 0.462. The molecule has 0 aliphatic heterocycles. The van der Waals surface area contributed by atoms with Gasteiger partial charge in [0.25, 0.3) is 5.91 Å². The quantitative estimate of drug-likeness (QED) is 0.935. The first kappa shape index (κ1) is 13.7. The molecular weight excluding hydrogens is 260 g/mol. The van der Waals surface area contributed by atoms with Gasteiger partial charge in [0.05, 0.1) is 6.54 Å². The van der Waals surface area contributed by atoms with Crippen LogP contribution in [0.15, 0.2) is 11.4 Å². The summed E-state index contributed by atoms with van der Waals surface area (Å²) in [5.74, 6) is 1.05. The van der Waals surface area contributed by atoms with Crippen LogP contribution in [0.4, 0.5) is 0 Å². The van der Waals surface area contributed by atoms with Crippen molar-refractivity contribution in [2.75, 3.05) is 7.05 Å². The van der Waals surface area contributed by atoms with E-state index in [1.807, 2.05) is 26.2 Å². The Morgan fingerprint density at radius 1 is 1.53 bits per heavy atom. The van der Waals surface area contributed by atoms with E-state index in [9.17, 15) is 4.79 Å². The van der Waals surface area contributed by atoms with E-state index >= 15 is 0 Å². The molecule has 2 rings (SSSR count). The number of hydrogen-bond donors (Lipinski definition) is 1. The van der Waals surface area contributed by atoms with E-state index in [1.54, 1.807) is 23.3 Å². The van der Waals surface area contributed by atoms with Crippen molar-refractivity contribution >= 4 is 17.2 Å².